The molecule has 4 nitrogen and oxygen atoms in total. The fourth-order valence-electron chi connectivity index (χ4n) is 0.778. The average molecular weight is 136 g/mol. The Kier molecular flexibility index (Phi) is 1.67. The molecule has 0 spiro atoms. The van der Waals surface area contributed by atoms with Gasteiger partial charge in [0.2, 0.25) is 0 Å². The van der Waals surface area contributed by atoms with E-state index in [2.05, 4.69) is 10.1 Å². The summed E-state index contributed by atoms with van der Waals surface area (Å²) in [5, 5.41) is 12.3. The van der Waals surface area contributed by atoms with E-state index in [0.717, 1.165) is 5.82 Å². The molecule has 0 aromatic carbocycles. The van der Waals surface area contributed by atoms with Gasteiger partial charge in [-0.15, -0.1) is 0 Å². The first-order valence-corrected chi connectivity index (χ1v) is 2.99. The summed E-state index contributed by atoms with van der Waals surface area (Å²) < 4.78 is 1.58. The Morgan fingerprint density at radius 3 is 2.70 bits per heavy atom. The molecular weight excluding hydrogens is 128 g/mol. The van der Waals surface area contributed by atoms with Crippen LogP contribution in [0.2, 0.25) is 0 Å². The van der Waals surface area contributed by atoms with Crippen molar-refractivity contribution in [3.05, 3.63) is 11.6 Å². The van der Waals surface area contributed by atoms with Gasteiger partial charge in [0.1, 0.15) is 18.2 Å². The number of nitriles is 1. The van der Waals surface area contributed by atoms with Crippen molar-refractivity contribution < 1.29 is 0 Å². The molecule has 0 bridgehead atoms. The highest BCUT2D eigenvalue weighted by Crippen LogP contribution is 1.93. The quantitative estimate of drug-likeness (QED) is 0.562. The van der Waals surface area contributed by atoms with Crippen LogP contribution in [-0.2, 0) is 6.54 Å². The van der Waals surface area contributed by atoms with E-state index in [0.29, 0.717) is 5.82 Å². The Morgan fingerprint density at radius 1 is 1.60 bits per heavy atom. The SMILES string of the molecule is Cc1nc(C)n(CC#N)n1. The van der Waals surface area contributed by atoms with Crippen LogP contribution >= 0.6 is 0 Å². The van der Waals surface area contributed by atoms with Crippen molar-refractivity contribution in [1.29, 1.82) is 5.26 Å². The predicted octanol–water partition coefficient (Wildman–Crippen LogP) is 0.419. The van der Waals surface area contributed by atoms with Gasteiger partial charge >= 0.3 is 0 Å². The summed E-state index contributed by atoms with van der Waals surface area (Å²) in [4.78, 5) is 4.03. The molecule has 0 radical (unpaired) electrons. The lowest BCUT2D eigenvalue weighted by Crippen LogP contribution is -2.00. The molecule has 0 saturated carbocycles. The lowest BCUT2D eigenvalue weighted by molar-refractivity contribution is 0.676. The maximum atomic E-state index is 8.31. The molecule has 4 heteroatoms. The number of rotatable bonds is 1. The molecule has 1 rings (SSSR count). The monoisotopic (exact) mass is 136 g/mol. The Bertz CT molecular complexity index is 268. The minimum absolute atomic E-state index is 0.284. The minimum atomic E-state index is 0.284. The molecule has 1 aromatic rings. The van der Waals surface area contributed by atoms with Gasteiger partial charge in [-0.1, -0.05) is 0 Å². The van der Waals surface area contributed by atoms with Crippen LogP contribution < -0.4 is 0 Å². The number of aryl methyl sites for hydroxylation is 2. The van der Waals surface area contributed by atoms with E-state index in [9.17, 15) is 0 Å². The molecule has 1 heterocycles. The highest BCUT2D eigenvalue weighted by molar-refractivity contribution is 4.89. The Morgan fingerprint density at radius 2 is 2.30 bits per heavy atom. The molecule has 10 heavy (non-hydrogen) atoms. The molecule has 0 atom stereocenters. The zero-order chi connectivity index (χ0) is 7.56. The molecule has 0 unspecified atom stereocenters. The molecule has 0 aliphatic heterocycles. The van der Waals surface area contributed by atoms with Crippen molar-refractivity contribution >= 4 is 0 Å². The highest BCUT2D eigenvalue weighted by Gasteiger charge is 1.99. The molecule has 0 fully saturated rings. The number of hydrogen-bond donors (Lipinski definition) is 0. The van der Waals surface area contributed by atoms with E-state index >= 15 is 0 Å². The largest absolute Gasteiger partial charge is 0.236 e. The number of aromatic nitrogens is 3. The Hall–Kier alpha value is -1.37. The van der Waals surface area contributed by atoms with E-state index in [1.165, 1.54) is 0 Å². The Balaban J connectivity index is 2.94. The van der Waals surface area contributed by atoms with Gasteiger partial charge in [-0.3, -0.25) is 0 Å². The van der Waals surface area contributed by atoms with E-state index in [-0.39, 0.29) is 6.54 Å². The van der Waals surface area contributed by atoms with Gasteiger partial charge in [0.25, 0.3) is 0 Å². The van der Waals surface area contributed by atoms with Crippen LogP contribution in [0.5, 0.6) is 0 Å². The van der Waals surface area contributed by atoms with Crippen LogP contribution in [0, 0.1) is 25.2 Å². The maximum absolute atomic E-state index is 8.31. The summed E-state index contributed by atoms with van der Waals surface area (Å²) in [6, 6.07) is 2.00. The first-order valence-electron chi connectivity index (χ1n) is 2.99. The second-order valence-corrected chi connectivity index (χ2v) is 2.02. The number of hydrogen-bond acceptors (Lipinski definition) is 3. The number of nitrogens with zero attached hydrogens (tertiary/aromatic N) is 4. The standard InChI is InChI=1S/C6H8N4/c1-5-8-6(2)10(9-5)4-3-7/h4H2,1-2H3. The topological polar surface area (TPSA) is 54.5 Å². The summed E-state index contributed by atoms with van der Waals surface area (Å²) in [6.07, 6.45) is 0. The van der Waals surface area contributed by atoms with E-state index in [1.54, 1.807) is 11.6 Å². The summed E-state index contributed by atoms with van der Waals surface area (Å²) in [5.41, 5.74) is 0. The van der Waals surface area contributed by atoms with Crippen LogP contribution in [-0.4, -0.2) is 14.8 Å². The average Bonchev–Trinajstić information content (AvgIpc) is 2.13. The highest BCUT2D eigenvalue weighted by atomic mass is 15.3. The molecule has 0 saturated heterocycles. The van der Waals surface area contributed by atoms with Gasteiger partial charge in [-0.05, 0) is 13.8 Å². The Labute approximate surface area is 59.1 Å². The zero-order valence-electron chi connectivity index (χ0n) is 6.00. The normalized spacial score (nSPS) is 9.30. The van der Waals surface area contributed by atoms with Gasteiger partial charge in [0, 0.05) is 0 Å². The van der Waals surface area contributed by atoms with Gasteiger partial charge in [0.05, 0.1) is 6.07 Å². The molecular formula is C6H8N4. The first-order chi connectivity index (χ1) is 4.74. The third-order valence-corrected chi connectivity index (χ3v) is 1.18. The van der Waals surface area contributed by atoms with Gasteiger partial charge in [0.15, 0.2) is 0 Å². The van der Waals surface area contributed by atoms with Crippen molar-refractivity contribution in [3.63, 3.8) is 0 Å². The molecule has 0 aliphatic carbocycles. The lowest BCUT2D eigenvalue weighted by atomic mass is 10.6. The zero-order valence-corrected chi connectivity index (χ0v) is 6.00. The summed E-state index contributed by atoms with van der Waals surface area (Å²) >= 11 is 0. The van der Waals surface area contributed by atoms with Crippen molar-refractivity contribution in [1.82, 2.24) is 14.8 Å². The fraction of sp³-hybridized carbons (Fsp3) is 0.500. The van der Waals surface area contributed by atoms with Crippen LogP contribution in [0.3, 0.4) is 0 Å². The van der Waals surface area contributed by atoms with Gasteiger partial charge < -0.3 is 0 Å². The first kappa shape index (κ1) is 6.75. The van der Waals surface area contributed by atoms with E-state index < -0.39 is 0 Å². The summed E-state index contributed by atoms with van der Waals surface area (Å²) in [5.74, 6) is 1.51. The van der Waals surface area contributed by atoms with Crippen LogP contribution in [0.15, 0.2) is 0 Å². The smallest absolute Gasteiger partial charge is 0.147 e. The van der Waals surface area contributed by atoms with E-state index in [1.807, 2.05) is 13.0 Å². The van der Waals surface area contributed by atoms with Crippen LogP contribution in [0.4, 0.5) is 0 Å². The van der Waals surface area contributed by atoms with Crippen molar-refractivity contribution in [2.75, 3.05) is 0 Å². The second-order valence-electron chi connectivity index (χ2n) is 2.02. The summed E-state index contributed by atoms with van der Waals surface area (Å²) in [7, 11) is 0. The van der Waals surface area contributed by atoms with Crippen molar-refractivity contribution in [2.45, 2.75) is 20.4 Å². The minimum Gasteiger partial charge on any atom is -0.236 e. The van der Waals surface area contributed by atoms with Gasteiger partial charge in [-0.25, -0.2) is 9.67 Å². The molecule has 52 valence electrons. The molecule has 1 aromatic heterocycles. The van der Waals surface area contributed by atoms with E-state index in [4.69, 9.17) is 5.26 Å². The van der Waals surface area contributed by atoms with Crippen LogP contribution in [0.1, 0.15) is 11.6 Å². The van der Waals surface area contributed by atoms with Gasteiger partial charge in [-0.2, -0.15) is 10.4 Å². The fourth-order valence-corrected chi connectivity index (χ4v) is 0.778. The van der Waals surface area contributed by atoms with Crippen molar-refractivity contribution in [2.24, 2.45) is 0 Å². The summed E-state index contributed by atoms with van der Waals surface area (Å²) in [6.45, 7) is 3.92. The molecule has 0 amide bonds. The lowest BCUT2D eigenvalue weighted by Gasteiger charge is -1.91. The second kappa shape index (κ2) is 2.48. The maximum Gasteiger partial charge on any atom is 0.147 e. The van der Waals surface area contributed by atoms with Crippen molar-refractivity contribution in [3.8, 4) is 6.07 Å². The molecule has 0 aliphatic rings. The molecule has 0 N–H and O–H groups in total. The predicted molar refractivity (Wildman–Crippen MR) is 35.1 cm³/mol. The third-order valence-electron chi connectivity index (χ3n) is 1.18. The third kappa shape index (κ3) is 1.13. The van der Waals surface area contributed by atoms with Crippen LogP contribution in [0.25, 0.3) is 0 Å².